The molecule has 0 aliphatic heterocycles. The fourth-order valence-corrected chi connectivity index (χ4v) is 1.76. The molecule has 1 saturated carbocycles. The molecule has 0 saturated heterocycles. The third-order valence-corrected chi connectivity index (χ3v) is 2.88. The van der Waals surface area contributed by atoms with Gasteiger partial charge in [-0.3, -0.25) is 0 Å². The van der Waals surface area contributed by atoms with Crippen LogP contribution in [0.3, 0.4) is 0 Å². The molecule has 0 spiro atoms. The van der Waals surface area contributed by atoms with Gasteiger partial charge in [0.25, 0.3) is 0 Å². The van der Waals surface area contributed by atoms with Crippen LogP contribution in [0, 0.1) is 0 Å². The van der Waals surface area contributed by atoms with Crippen molar-refractivity contribution in [2.45, 2.75) is 24.4 Å². The van der Waals surface area contributed by atoms with Gasteiger partial charge in [0.05, 0.1) is 7.11 Å². The Kier molecular flexibility index (Phi) is 2.49. The summed E-state index contributed by atoms with van der Waals surface area (Å²) >= 11 is 5.55. The molecule has 0 radical (unpaired) electrons. The highest BCUT2D eigenvalue weighted by Gasteiger charge is 2.66. The van der Waals surface area contributed by atoms with Gasteiger partial charge in [0, 0.05) is 6.07 Å². The van der Waals surface area contributed by atoms with E-state index < -0.39 is 11.6 Å². The lowest BCUT2D eigenvalue weighted by Gasteiger charge is -2.19. The lowest BCUT2D eigenvalue weighted by atomic mass is 10.0. The number of rotatable bonds is 2. The first-order chi connectivity index (χ1) is 7.40. The number of methoxy groups -OCH3 is 1. The smallest absolute Gasteiger partial charge is 0.400 e. The van der Waals surface area contributed by atoms with Crippen LogP contribution in [0.15, 0.2) is 6.07 Å². The predicted molar refractivity (Wildman–Crippen MR) is 50.6 cm³/mol. The zero-order valence-corrected chi connectivity index (χ0v) is 9.06. The van der Waals surface area contributed by atoms with E-state index in [0.29, 0.717) is 0 Å². The van der Waals surface area contributed by atoms with Crippen molar-refractivity contribution in [1.82, 2.24) is 10.2 Å². The average Bonchev–Trinajstić information content (AvgIpc) is 2.97. The second kappa shape index (κ2) is 3.48. The van der Waals surface area contributed by atoms with Gasteiger partial charge < -0.3 is 4.74 Å². The van der Waals surface area contributed by atoms with Crippen LogP contribution < -0.4 is 4.74 Å². The number of aromatic nitrogens is 2. The van der Waals surface area contributed by atoms with Crippen LogP contribution in [0.1, 0.15) is 18.5 Å². The van der Waals surface area contributed by atoms with Gasteiger partial charge in [-0.05, 0) is 12.8 Å². The van der Waals surface area contributed by atoms with E-state index in [-0.39, 0.29) is 29.4 Å². The van der Waals surface area contributed by atoms with E-state index in [9.17, 15) is 13.2 Å². The molecular weight excluding hydrogens is 245 g/mol. The van der Waals surface area contributed by atoms with Crippen LogP contribution in [0.25, 0.3) is 0 Å². The Hall–Kier alpha value is -1.04. The van der Waals surface area contributed by atoms with Gasteiger partial charge in [0.15, 0.2) is 5.15 Å². The van der Waals surface area contributed by atoms with E-state index in [1.54, 1.807) is 0 Å². The molecular formula is C9H8ClF3N2O. The lowest BCUT2D eigenvalue weighted by molar-refractivity contribution is -0.162. The Bertz CT molecular complexity index is 418. The summed E-state index contributed by atoms with van der Waals surface area (Å²) in [5.74, 6) is 0.0369. The van der Waals surface area contributed by atoms with Crippen molar-refractivity contribution in [3.05, 3.63) is 16.9 Å². The second-order valence-electron chi connectivity index (χ2n) is 3.66. The van der Waals surface area contributed by atoms with E-state index in [1.165, 1.54) is 13.2 Å². The maximum atomic E-state index is 12.8. The normalized spacial score (nSPS) is 18.3. The van der Waals surface area contributed by atoms with Crippen molar-refractivity contribution < 1.29 is 17.9 Å². The number of hydrogen-bond acceptors (Lipinski definition) is 3. The SMILES string of the molecule is COc1cc(Cl)nnc1C1(C(F)(F)F)CC1. The molecule has 1 fully saturated rings. The summed E-state index contributed by atoms with van der Waals surface area (Å²) in [7, 11) is 1.28. The number of alkyl halides is 3. The molecule has 1 aliphatic carbocycles. The molecule has 1 heterocycles. The van der Waals surface area contributed by atoms with Crippen LogP contribution in [-0.4, -0.2) is 23.5 Å². The molecule has 0 unspecified atom stereocenters. The van der Waals surface area contributed by atoms with Crippen LogP contribution in [0.4, 0.5) is 13.2 Å². The number of halogens is 4. The summed E-state index contributed by atoms with van der Waals surface area (Å²) in [6.45, 7) is 0. The summed E-state index contributed by atoms with van der Waals surface area (Å²) in [6, 6.07) is 1.25. The van der Waals surface area contributed by atoms with Gasteiger partial charge in [0.2, 0.25) is 0 Å². The fourth-order valence-electron chi connectivity index (χ4n) is 1.62. The predicted octanol–water partition coefficient (Wildman–Crippen LogP) is 2.73. The van der Waals surface area contributed by atoms with Gasteiger partial charge in [0.1, 0.15) is 16.9 Å². The first kappa shape index (κ1) is 11.4. The van der Waals surface area contributed by atoms with Crippen molar-refractivity contribution in [2.75, 3.05) is 7.11 Å². The Morgan fingerprint density at radius 2 is 2.00 bits per heavy atom. The molecule has 88 valence electrons. The van der Waals surface area contributed by atoms with E-state index >= 15 is 0 Å². The van der Waals surface area contributed by atoms with E-state index in [4.69, 9.17) is 16.3 Å². The van der Waals surface area contributed by atoms with Gasteiger partial charge in [-0.25, -0.2) is 0 Å². The molecule has 0 bridgehead atoms. The third kappa shape index (κ3) is 1.61. The standard InChI is InChI=1S/C9H8ClF3N2O/c1-16-5-4-6(10)14-15-7(5)8(2-3-8)9(11,12)13/h4H,2-3H2,1H3. The number of nitrogens with zero attached hydrogens (tertiary/aromatic N) is 2. The molecule has 1 aliphatic rings. The number of hydrogen-bond donors (Lipinski definition) is 0. The third-order valence-electron chi connectivity index (χ3n) is 2.69. The summed E-state index contributed by atoms with van der Waals surface area (Å²) in [5, 5.41) is 6.98. The van der Waals surface area contributed by atoms with Gasteiger partial charge in [-0.15, -0.1) is 10.2 Å². The molecule has 0 N–H and O–H groups in total. The quantitative estimate of drug-likeness (QED) is 0.812. The molecule has 2 rings (SSSR count). The lowest BCUT2D eigenvalue weighted by Crippen LogP contribution is -2.30. The van der Waals surface area contributed by atoms with Gasteiger partial charge in [-0.1, -0.05) is 11.6 Å². The maximum Gasteiger partial charge on any atom is 0.400 e. The number of ether oxygens (including phenoxy) is 1. The minimum absolute atomic E-state index is 0.0126. The Labute approximate surface area is 94.6 Å². The largest absolute Gasteiger partial charge is 0.495 e. The first-order valence-corrected chi connectivity index (χ1v) is 4.93. The minimum Gasteiger partial charge on any atom is -0.495 e. The first-order valence-electron chi connectivity index (χ1n) is 4.55. The molecule has 7 heteroatoms. The molecule has 1 aromatic rings. The fraction of sp³-hybridized carbons (Fsp3) is 0.556. The van der Waals surface area contributed by atoms with Crippen LogP contribution >= 0.6 is 11.6 Å². The van der Waals surface area contributed by atoms with Crippen molar-refractivity contribution >= 4 is 11.6 Å². The van der Waals surface area contributed by atoms with Crippen molar-refractivity contribution in [3.8, 4) is 5.75 Å². The summed E-state index contributed by atoms with van der Waals surface area (Å²) < 4.78 is 43.4. The highest BCUT2D eigenvalue weighted by molar-refractivity contribution is 6.29. The van der Waals surface area contributed by atoms with Crippen LogP contribution in [0.2, 0.25) is 5.15 Å². The van der Waals surface area contributed by atoms with Crippen LogP contribution in [0.5, 0.6) is 5.75 Å². The molecule has 0 aromatic carbocycles. The Balaban J connectivity index is 2.49. The molecule has 16 heavy (non-hydrogen) atoms. The highest BCUT2D eigenvalue weighted by Crippen LogP contribution is 2.60. The highest BCUT2D eigenvalue weighted by atomic mass is 35.5. The van der Waals surface area contributed by atoms with Gasteiger partial charge >= 0.3 is 6.18 Å². The van der Waals surface area contributed by atoms with E-state index in [1.807, 2.05) is 0 Å². The minimum atomic E-state index is -4.33. The molecule has 0 atom stereocenters. The summed E-state index contributed by atoms with van der Waals surface area (Å²) in [5.41, 5.74) is -2.07. The second-order valence-corrected chi connectivity index (χ2v) is 4.05. The molecule has 3 nitrogen and oxygen atoms in total. The summed E-state index contributed by atoms with van der Waals surface area (Å²) in [6.07, 6.45) is -4.30. The van der Waals surface area contributed by atoms with Crippen molar-refractivity contribution in [3.63, 3.8) is 0 Å². The summed E-state index contributed by atoms with van der Waals surface area (Å²) in [4.78, 5) is 0. The maximum absolute atomic E-state index is 12.8. The average molecular weight is 253 g/mol. The Morgan fingerprint density at radius 1 is 1.38 bits per heavy atom. The topological polar surface area (TPSA) is 35.0 Å². The zero-order chi connectivity index (χ0) is 12.0. The van der Waals surface area contributed by atoms with E-state index in [0.717, 1.165) is 0 Å². The Morgan fingerprint density at radius 3 is 2.44 bits per heavy atom. The van der Waals surface area contributed by atoms with Crippen LogP contribution in [-0.2, 0) is 5.41 Å². The monoisotopic (exact) mass is 252 g/mol. The van der Waals surface area contributed by atoms with Crippen molar-refractivity contribution in [1.29, 1.82) is 0 Å². The molecule has 0 amide bonds. The molecule has 1 aromatic heterocycles. The zero-order valence-electron chi connectivity index (χ0n) is 8.31. The van der Waals surface area contributed by atoms with Gasteiger partial charge in [-0.2, -0.15) is 13.2 Å². The van der Waals surface area contributed by atoms with E-state index in [2.05, 4.69) is 10.2 Å². The van der Waals surface area contributed by atoms with Crippen molar-refractivity contribution in [2.24, 2.45) is 0 Å².